The van der Waals surface area contributed by atoms with Crippen LogP contribution in [-0.2, 0) is 78.5 Å². The first-order chi connectivity index (χ1) is 41.1. The number of nitrogens with zero attached hydrogens (tertiary/aromatic N) is 9. The molecule has 0 saturated carbocycles. The van der Waals surface area contributed by atoms with Crippen LogP contribution in [0, 0.1) is 11.8 Å². The van der Waals surface area contributed by atoms with E-state index in [4.69, 9.17) is 39.9 Å². The van der Waals surface area contributed by atoms with E-state index in [0.717, 1.165) is 17.8 Å². The number of sulfone groups is 6. The average molecular weight is 1360 g/mol. The molecule has 5 aromatic carbocycles. The quantitative estimate of drug-likeness (QED) is 0.0539. The molecule has 2 aliphatic heterocycles. The zero-order valence-electron chi connectivity index (χ0n) is 49.6. The second-order valence-electron chi connectivity index (χ2n) is 21.4. The number of fused-ring (bicyclic) bond motifs is 20. The van der Waals surface area contributed by atoms with Crippen molar-refractivity contribution < 1.29 is 70.0 Å². The van der Waals surface area contributed by atoms with E-state index in [-0.39, 0.29) is 137 Å². The van der Waals surface area contributed by atoms with Gasteiger partial charge in [-0.2, -0.15) is 0 Å². The maximum absolute atomic E-state index is 14.3. The predicted octanol–water partition coefficient (Wildman–Crippen LogP) is 8.69. The summed E-state index contributed by atoms with van der Waals surface area (Å²) in [5, 5.41) is 0.549. The second kappa shape index (κ2) is 24.8. The van der Waals surface area contributed by atoms with Crippen LogP contribution >= 0.6 is 0 Å². The van der Waals surface area contributed by atoms with Crippen LogP contribution < -0.4 is 14.9 Å². The summed E-state index contributed by atoms with van der Waals surface area (Å²) in [5.41, 5.74) is 1.46. The Bertz CT molecular complexity index is 5160. The maximum Gasteiger partial charge on any atom is 2.00 e. The first kappa shape index (κ1) is 65.6. The number of hydrogen-bond acceptors (Lipinski definition) is 19. The standard InChI is InChI=1S/C60H61N9O12S6.Zn/c1-9-23-82(70,71)47-30-41-42(31-48(47)83(72,73)24-10-2)57-64-55(41)62-53-39-22-19-37(16-15-36-17-20-38(21-18-36)69(7)8)29-40(39)54(61-53)63-56-43-32-49(84(74,75)25-11-3)50(85(76,77)26-12-4)33-44(43)58(65-56)67-60-46-35-52(87(80,81)28-14-6)51(86(78,79)27-13-5)34-45(46)59(66-57)68-60;/h17-22,29-35H,9-14,23-28H2,1-8H3;/q-2;+2. The van der Waals surface area contributed by atoms with Crippen molar-refractivity contribution in [2.75, 3.05) is 53.5 Å². The van der Waals surface area contributed by atoms with Gasteiger partial charge in [0.25, 0.3) is 0 Å². The number of hydrogen-bond donors (Lipinski definition) is 0. The van der Waals surface area contributed by atoms with E-state index in [2.05, 4.69) is 11.8 Å². The fourth-order valence-corrected chi connectivity index (χ4v) is 21.3. The summed E-state index contributed by atoms with van der Waals surface area (Å²) < 4.78 is 171. The smallest absolute Gasteiger partial charge is 0.378 e. The first-order valence-electron chi connectivity index (χ1n) is 28.2. The fourth-order valence-electron chi connectivity index (χ4n) is 10.5. The van der Waals surface area contributed by atoms with E-state index in [9.17, 15) is 50.5 Å². The van der Waals surface area contributed by atoms with Gasteiger partial charge in [-0.1, -0.05) is 59.4 Å². The average Bonchev–Trinajstić information content (AvgIpc) is 1.57. The van der Waals surface area contributed by atoms with Crippen molar-refractivity contribution in [2.24, 2.45) is 0 Å². The summed E-state index contributed by atoms with van der Waals surface area (Å²) in [7, 11) is -22.2. The number of benzene rings is 5. The van der Waals surface area contributed by atoms with Gasteiger partial charge in [0.15, 0.2) is 59.0 Å². The van der Waals surface area contributed by atoms with Gasteiger partial charge in [0, 0.05) is 75.8 Å². The maximum atomic E-state index is 14.3. The van der Waals surface area contributed by atoms with Crippen molar-refractivity contribution in [1.29, 1.82) is 0 Å². The molecule has 8 aromatic rings. The van der Waals surface area contributed by atoms with E-state index in [1.807, 2.05) is 43.3 Å². The van der Waals surface area contributed by atoms with Crippen LogP contribution in [0.25, 0.3) is 89.7 Å². The van der Waals surface area contributed by atoms with Gasteiger partial charge in [-0.25, -0.2) is 60.5 Å². The Morgan fingerprint density at radius 1 is 0.341 bits per heavy atom. The molecule has 456 valence electrons. The summed E-state index contributed by atoms with van der Waals surface area (Å²) >= 11 is 0. The Morgan fingerprint density at radius 3 is 0.898 bits per heavy atom. The number of rotatable bonds is 19. The van der Waals surface area contributed by atoms with Gasteiger partial charge in [0.2, 0.25) is 0 Å². The molecule has 2 aliphatic rings. The van der Waals surface area contributed by atoms with Gasteiger partial charge in [0.05, 0.1) is 87.2 Å². The molecule has 5 heterocycles. The van der Waals surface area contributed by atoms with E-state index in [1.54, 1.807) is 59.7 Å². The van der Waals surface area contributed by atoms with Crippen LogP contribution in [0.5, 0.6) is 0 Å². The SMILES string of the molecule is CCCS(=O)(=O)c1cc2c(cc1S(=O)(=O)CCC)-c1nc-2nc2[n-]c(nc3nc(nc4[n-]c(n1)c1cc(S(=O)(=O)CCC)c(S(=O)(=O)CCC)cc41)-c1cc(S(=O)(=O)CCC)c(S(=O)(=O)CCC)cc1-3)c1cc(C#Cc3ccc(N(C)C)cc3)ccc21.[Zn+2]. The van der Waals surface area contributed by atoms with Gasteiger partial charge in [0.1, 0.15) is 0 Å². The van der Waals surface area contributed by atoms with Crippen LogP contribution in [0.4, 0.5) is 5.69 Å². The molecule has 0 radical (unpaired) electrons. The van der Waals surface area contributed by atoms with E-state index >= 15 is 0 Å². The minimum absolute atomic E-state index is 0. The molecule has 0 amide bonds. The zero-order chi connectivity index (χ0) is 62.8. The van der Waals surface area contributed by atoms with Crippen LogP contribution in [0.15, 0.2) is 108 Å². The summed E-state index contributed by atoms with van der Waals surface area (Å²) in [6, 6.07) is 19.7. The fraction of sp³-hybridized carbons (Fsp3) is 0.333. The van der Waals surface area contributed by atoms with Crippen LogP contribution in [0.1, 0.15) is 91.2 Å². The van der Waals surface area contributed by atoms with Gasteiger partial charge >= 0.3 is 19.5 Å². The van der Waals surface area contributed by atoms with Crippen molar-refractivity contribution in [3.05, 3.63) is 90.0 Å². The van der Waals surface area contributed by atoms with E-state index < -0.39 is 123 Å². The second-order valence-corrected chi connectivity index (χ2v) is 33.8. The molecule has 28 heteroatoms. The molecule has 0 spiro atoms. The van der Waals surface area contributed by atoms with Crippen LogP contribution in [0.3, 0.4) is 0 Å². The Balaban J connectivity index is 0.00000922. The molecule has 8 bridgehead atoms. The van der Waals surface area contributed by atoms with Gasteiger partial charge in [-0.3, -0.25) is 0 Å². The molecule has 21 nitrogen and oxygen atoms in total. The Kier molecular flexibility index (Phi) is 18.5. The summed E-state index contributed by atoms with van der Waals surface area (Å²) in [4.78, 5) is 38.0. The summed E-state index contributed by atoms with van der Waals surface area (Å²) in [6.45, 7) is 9.77. The minimum atomic E-state index is -4.37. The molecule has 3 aromatic heterocycles. The molecule has 0 N–H and O–H groups in total. The third kappa shape index (κ3) is 12.4. The van der Waals surface area contributed by atoms with Gasteiger partial charge in [-0.05, 0) is 133 Å². The first-order valence-corrected chi connectivity index (χ1v) is 38.1. The molecule has 0 fully saturated rings. The Hall–Kier alpha value is -6.86. The van der Waals surface area contributed by atoms with Crippen molar-refractivity contribution in [1.82, 2.24) is 39.9 Å². The van der Waals surface area contributed by atoms with E-state index in [1.165, 1.54) is 24.3 Å². The third-order valence-corrected chi connectivity index (χ3v) is 26.6. The van der Waals surface area contributed by atoms with Crippen molar-refractivity contribution in [3.8, 4) is 57.4 Å². The molecule has 0 saturated heterocycles. The zero-order valence-corrected chi connectivity index (χ0v) is 57.4. The van der Waals surface area contributed by atoms with Crippen molar-refractivity contribution in [3.63, 3.8) is 0 Å². The normalized spacial score (nSPS) is 12.8. The van der Waals surface area contributed by atoms with Crippen molar-refractivity contribution >= 4 is 109 Å². The summed E-state index contributed by atoms with van der Waals surface area (Å²) in [6.07, 6.45) is 0.745. The van der Waals surface area contributed by atoms with Crippen molar-refractivity contribution in [2.45, 2.75) is 109 Å². The number of aromatic nitrogens is 8. The molecular weight excluding hydrogens is 1300 g/mol. The third-order valence-electron chi connectivity index (χ3n) is 14.5. The predicted molar refractivity (Wildman–Crippen MR) is 335 cm³/mol. The topological polar surface area (TPSA) is 314 Å². The molecule has 88 heavy (non-hydrogen) atoms. The number of anilines is 1. The molecule has 0 atom stereocenters. The molecule has 0 aliphatic carbocycles. The Labute approximate surface area is 525 Å². The Morgan fingerprint density at radius 2 is 0.602 bits per heavy atom. The largest absolute Gasteiger partial charge is 2.00 e. The van der Waals surface area contributed by atoms with Crippen LogP contribution in [0.2, 0.25) is 0 Å². The van der Waals surface area contributed by atoms with Gasteiger partial charge in [-0.15, -0.1) is 0 Å². The van der Waals surface area contributed by atoms with Gasteiger partial charge < -0.3 is 34.8 Å². The summed E-state index contributed by atoms with van der Waals surface area (Å²) in [5.74, 6) is 2.85. The molecule has 10 rings (SSSR count). The van der Waals surface area contributed by atoms with E-state index in [0.29, 0.717) is 21.9 Å². The van der Waals surface area contributed by atoms with Crippen LogP contribution in [-0.4, -0.2) is 129 Å². The minimum Gasteiger partial charge on any atom is -0.378 e. The monoisotopic (exact) mass is 1360 g/mol. The molecule has 0 unspecified atom stereocenters. The molecular formula is C60H61N9O12S6Zn.